The largest absolute Gasteiger partial charge is 0.454 e. The topological polar surface area (TPSA) is 50.8 Å². The van der Waals surface area contributed by atoms with Crippen molar-refractivity contribution >= 4 is 23.4 Å². The van der Waals surface area contributed by atoms with Gasteiger partial charge in [-0.15, -0.1) is 0 Å². The Hall–Kier alpha value is -2.95. The molecule has 2 aliphatic heterocycles. The van der Waals surface area contributed by atoms with Gasteiger partial charge in [-0.05, 0) is 47.9 Å². The van der Waals surface area contributed by atoms with Gasteiger partial charge >= 0.3 is 0 Å². The van der Waals surface area contributed by atoms with Crippen LogP contribution in [0.25, 0.3) is 6.08 Å². The Morgan fingerprint density at radius 3 is 2.92 bits per heavy atom. The van der Waals surface area contributed by atoms with Crippen molar-refractivity contribution in [3.8, 4) is 11.5 Å². The average Bonchev–Trinajstić information content (AvgIpc) is 3.10. The monoisotopic (exact) mass is 336 g/mol. The van der Waals surface area contributed by atoms with Crippen LogP contribution < -0.4 is 19.7 Å². The van der Waals surface area contributed by atoms with Crippen LogP contribution in [-0.4, -0.2) is 26.3 Å². The summed E-state index contributed by atoms with van der Waals surface area (Å²) in [5.41, 5.74) is 4.37. The second kappa shape index (κ2) is 6.51. The van der Waals surface area contributed by atoms with Crippen LogP contribution >= 0.6 is 0 Å². The van der Waals surface area contributed by atoms with Gasteiger partial charge in [-0.25, -0.2) is 0 Å². The summed E-state index contributed by atoms with van der Waals surface area (Å²) in [5, 5.41) is 3.40. The number of nitrogens with one attached hydrogen (secondary N) is 1. The van der Waals surface area contributed by atoms with E-state index in [1.54, 1.807) is 4.90 Å². The first-order valence-corrected chi connectivity index (χ1v) is 8.40. The van der Waals surface area contributed by atoms with Crippen molar-refractivity contribution in [2.24, 2.45) is 0 Å². The average molecular weight is 336 g/mol. The van der Waals surface area contributed by atoms with Crippen LogP contribution in [0.2, 0.25) is 0 Å². The zero-order valence-corrected chi connectivity index (χ0v) is 14.1. The Bertz CT molecular complexity index is 845. The van der Waals surface area contributed by atoms with Crippen LogP contribution in [0.4, 0.5) is 11.4 Å². The zero-order valence-electron chi connectivity index (χ0n) is 14.1. The number of fused-ring (bicyclic) bond motifs is 2. The van der Waals surface area contributed by atoms with Gasteiger partial charge in [0.2, 0.25) is 12.7 Å². The lowest BCUT2D eigenvalue weighted by Gasteiger charge is -2.26. The number of carbonyl (C=O) groups excluding carboxylic acids is 1. The van der Waals surface area contributed by atoms with Crippen molar-refractivity contribution < 1.29 is 14.3 Å². The molecule has 128 valence electrons. The van der Waals surface area contributed by atoms with Gasteiger partial charge in [0.25, 0.3) is 0 Å². The molecule has 0 fully saturated rings. The Morgan fingerprint density at radius 1 is 1.12 bits per heavy atom. The first-order chi connectivity index (χ1) is 12.2. The van der Waals surface area contributed by atoms with Gasteiger partial charge in [0, 0.05) is 31.4 Å². The summed E-state index contributed by atoms with van der Waals surface area (Å²) in [5.74, 6) is 1.77. The molecule has 2 aromatic carbocycles. The number of carbonyl (C=O) groups is 1. The molecular weight excluding hydrogens is 316 g/mol. The van der Waals surface area contributed by atoms with Gasteiger partial charge in [0.15, 0.2) is 11.5 Å². The molecule has 2 aromatic rings. The molecule has 0 spiro atoms. The predicted molar refractivity (Wildman–Crippen MR) is 98.3 cm³/mol. The highest BCUT2D eigenvalue weighted by atomic mass is 16.7. The maximum atomic E-state index is 11.7. The number of benzene rings is 2. The molecule has 0 aliphatic carbocycles. The number of hydrogen-bond donors (Lipinski definition) is 1. The number of ether oxygens (including phenoxy) is 2. The lowest BCUT2D eigenvalue weighted by Crippen LogP contribution is -2.31. The number of hydrogen-bond acceptors (Lipinski definition) is 4. The minimum atomic E-state index is 0.180. The number of amides is 1. The maximum absolute atomic E-state index is 11.7. The number of nitrogens with zero attached hydrogens (tertiary/aromatic N) is 1. The summed E-state index contributed by atoms with van der Waals surface area (Å²) >= 11 is 0. The van der Waals surface area contributed by atoms with Gasteiger partial charge in [-0.2, -0.15) is 0 Å². The van der Waals surface area contributed by atoms with E-state index >= 15 is 0 Å². The third-order valence-corrected chi connectivity index (χ3v) is 4.55. The summed E-state index contributed by atoms with van der Waals surface area (Å²) in [6.07, 6.45) is 5.52. The fraction of sp³-hybridized carbons (Fsp3) is 0.250. The molecule has 0 atom stereocenters. The van der Waals surface area contributed by atoms with Crippen molar-refractivity contribution in [2.45, 2.75) is 12.8 Å². The summed E-state index contributed by atoms with van der Waals surface area (Å²) in [6.45, 7) is 1.02. The van der Waals surface area contributed by atoms with E-state index in [0.717, 1.165) is 41.4 Å². The van der Waals surface area contributed by atoms with Crippen LogP contribution in [0.3, 0.4) is 0 Å². The van der Waals surface area contributed by atoms with Crippen molar-refractivity contribution in [3.63, 3.8) is 0 Å². The van der Waals surface area contributed by atoms with E-state index in [9.17, 15) is 4.79 Å². The lowest BCUT2D eigenvalue weighted by molar-refractivity contribution is -0.118. The standard InChI is InChI=1S/C20H20N2O3/c1-22-17-7-6-16(12-15(17)5-9-20(22)23)21-10-2-3-14-4-8-18-19(11-14)25-13-24-18/h2-4,6-8,11-12,21H,5,9-10,13H2,1H3/b3-2+. The summed E-state index contributed by atoms with van der Waals surface area (Å²) in [6, 6.07) is 12.1. The van der Waals surface area contributed by atoms with E-state index in [1.807, 2.05) is 37.4 Å². The van der Waals surface area contributed by atoms with Gasteiger partial charge < -0.3 is 19.7 Å². The molecule has 0 bridgehead atoms. The SMILES string of the molecule is CN1C(=O)CCc2cc(NC/C=C/c3ccc4c(c3)OCO4)ccc21. The normalized spacial score (nSPS) is 15.6. The number of aryl methyl sites for hydroxylation is 1. The van der Waals surface area contributed by atoms with Crippen molar-refractivity contribution in [3.05, 3.63) is 53.6 Å². The minimum absolute atomic E-state index is 0.180. The molecule has 25 heavy (non-hydrogen) atoms. The number of rotatable bonds is 4. The van der Waals surface area contributed by atoms with Gasteiger partial charge in [-0.3, -0.25) is 4.79 Å². The molecule has 0 saturated carbocycles. The zero-order chi connectivity index (χ0) is 17.2. The molecule has 0 aromatic heterocycles. The predicted octanol–water partition coefficient (Wildman–Crippen LogP) is 3.45. The summed E-state index contributed by atoms with van der Waals surface area (Å²) in [4.78, 5) is 13.5. The quantitative estimate of drug-likeness (QED) is 0.929. The summed E-state index contributed by atoms with van der Waals surface area (Å²) < 4.78 is 10.7. The fourth-order valence-corrected chi connectivity index (χ4v) is 3.16. The molecule has 0 saturated heterocycles. The third kappa shape index (κ3) is 3.18. The highest BCUT2D eigenvalue weighted by Crippen LogP contribution is 2.33. The van der Waals surface area contributed by atoms with Gasteiger partial charge in [-0.1, -0.05) is 18.2 Å². The van der Waals surface area contributed by atoms with E-state index in [0.29, 0.717) is 13.2 Å². The van der Waals surface area contributed by atoms with E-state index in [2.05, 4.69) is 23.5 Å². The Morgan fingerprint density at radius 2 is 2.00 bits per heavy atom. The lowest BCUT2D eigenvalue weighted by atomic mass is 10.0. The van der Waals surface area contributed by atoms with Gasteiger partial charge in [0.05, 0.1) is 0 Å². The van der Waals surface area contributed by atoms with Crippen LogP contribution in [0.15, 0.2) is 42.5 Å². The molecule has 1 amide bonds. The van der Waals surface area contributed by atoms with Gasteiger partial charge in [0.1, 0.15) is 0 Å². The van der Waals surface area contributed by atoms with E-state index in [-0.39, 0.29) is 5.91 Å². The van der Waals surface area contributed by atoms with Crippen LogP contribution in [-0.2, 0) is 11.2 Å². The molecule has 1 N–H and O–H groups in total. The van der Waals surface area contributed by atoms with Crippen LogP contribution in [0, 0.1) is 0 Å². The Kier molecular flexibility index (Phi) is 4.06. The molecule has 0 unspecified atom stereocenters. The van der Waals surface area contributed by atoms with Crippen molar-refractivity contribution in [1.29, 1.82) is 0 Å². The van der Waals surface area contributed by atoms with Crippen LogP contribution in [0.1, 0.15) is 17.5 Å². The summed E-state index contributed by atoms with van der Waals surface area (Å²) in [7, 11) is 1.83. The van der Waals surface area contributed by atoms with Crippen LogP contribution in [0.5, 0.6) is 11.5 Å². The minimum Gasteiger partial charge on any atom is -0.454 e. The Labute approximate surface area is 146 Å². The highest BCUT2D eigenvalue weighted by Gasteiger charge is 2.20. The second-order valence-electron chi connectivity index (χ2n) is 6.19. The third-order valence-electron chi connectivity index (χ3n) is 4.55. The Balaban J connectivity index is 1.38. The first kappa shape index (κ1) is 15.6. The molecule has 4 rings (SSSR count). The molecule has 5 nitrogen and oxygen atoms in total. The smallest absolute Gasteiger partial charge is 0.231 e. The second-order valence-corrected chi connectivity index (χ2v) is 6.19. The van der Waals surface area contributed by atoms with Crippen molar-refractivity contribution in [1.82, 2.24) is 0 Å². The van der Waals surface area contributed by atoms with E-state index in [1.165, 1.54) is 5.56 Å². The number of anilines is 2. The van der Waals surface area contributed by atoms with Crippen molar-refractivity contribution in [2.75, 3.05) is 30.6 Å². The molecule has 2 aliphatic rings. The molecule has 0 radical (unpaired) electrons. The highest BCUT2D eigenvalue weighted by molar-refractivity contribution is 5.96. The first-order valence-electron chi connectivity index (χ1n) is 8.40. The molecule has 5 heteroatoms. The van der Waals surface area contributed by atoms with E-state index < -0.39 is 0 Å². The molecule has 2 heterocycles. The maximum Gasteiger partial charge on any atom is 0.231 e. The fourth-order valence-electron chi connectivity index (χ4n) is 3.16. The van der Waals surface area contributed by atoms with E-state index in [4.69, 9.17) is 9.47 Å². The molecular formula is C20H20N2O3.